The van der Waals surface area contributed by atoms with Crippen molar-refractivity contribution in [1.29, 1.82) is 0 Å². The molecule has 5 heterocycles. The maximum absolute atomic E-state index is 12.2. The van der Waals surface area contributed by atoms with E-state index in [4.69, 9.17) is 9.84 Å². The zero-order valence-corrected chi connectivity index (χ0v) is 68.0. The molecule has 0 atom stereocenters. The van der Waals surface area contributed by atoms with Gasteiger partial charge in [-0.1, -0.05) is 229 Å². The first kappa shape index (κ1) is 86.8. The normalized spacial score (nSPS) is 11.1. The van der Waals surface area contributed by atoms with Crippen molar-refractivity contribution in [2.45, 2.75) is 68.0 Å². The Morgan fingerprint density at radius 2 is 0.595 bits per heavy atom. The second kappa shape index (κ2) is 43.2. The van der Waals surface area contributed by atoms with Crippen molar-refractivity contribution in [3.63, 3.8) is 0 Å². The molecule has 0 aliphatic heterocycles. The summed E-state index contributed by atoms with van der Waals surface area (Å²) in [5.41, 5.74) is 25.7. The number of nitrogens with one attached hydrogen (secondary N) is 5. The van der Waals surface area contributed by atoms with Crippen LogP contribution >= 0.6 is 0 Å². The molecule has 15 aromatic rings. The molecule has 0 aliphatic rings. The van der Waals surface area contributed by atoms with Crippen LogP contribution in [0.3, 0.4) is 0 Å². The number of aryl methyl sites for hydroxylation is 6. The highest BCUT2D eigenvalue weighted by Crippen LogP contribution is 2.29. The molecule has 606 valence electrons. The minimum atomic E-state index is -0.147. The monoisotopic (exact) mass is 1600 g/mol. The first-order chi connectivity index (χ1) is 58.7. The maximum Gasteiger partial charge on any atom is 0.185 e. The topological polar surface area (TPSA) is 319 Å². The first-order valence-electron chi connectivity index (χ1n) is 38.9. The molecule has 0 radical (unpaired) electrons. The third-order valence-corrected chi connectivity index (χ3v) is 19.3. The van der Waals surface area contributed by atoms with E-state index >= 15 is 0 Å². The number of nitrogens with zero attached hydrogens (tertiary/aromatic N) is 5. The highest BCUT2D eigenvalue weighted by atomic mass is 16.5. The Bertz CT molecular complexity index is 6120. The molecule has 0 bridgehead atoms. The molecular weight excluding hydrogens is 1510 g/mol. The lowest BCUT2D eigenvalue weighted by Gasteiger charge is -2.06. The van der Waals surface area contributed by atoms with Crippen molar-refractivity contribution in [1.82, 2.24) is 51.0 Å². The molecule has 0 aliphatic carbocycles. The molecule has 121 heavy (non-hydrogen) atoms. The molecule has 5 aromatic heterocycles. The molecule has 15 rings (SSSR count). The Labute approximate surface area is 701 Å². The van der Waals surface area contributed by atoms with Crippen molar-refractivity contribution in [2.75, 3.05) is 7.11 Å². The van der Waals surface area contributed by atoms with E-state index in [1.165, 1.54) is 29.4 Å². The van der Waals surface area contributed by atoms with Gasteiger partial charge in [0.2, 0.25) is 0 Å². The fourth-order valence-corrected chi connectivity index (χ4v) is 12.0. The predicted molar refractivity (Wildman–Crippen MR) is 478 cm³/mol. The van der Waals surface area contributed by atoms with E-state index in [9.17, 15) is 39.3 Å². The number of carbonyl (C=O) groups excluding carboxylic acids is 5. The second-order valence-electron chi connectivity index (χ2n) is 28.4. The van der Waals surface area contributed by atoms with Crippen LogP contribution < -0.4 is 4.74 Å². The fraction of sp³-hybridized carbons (Fsp3) is 0.109. The lowest BCUT2D eigenvalue weighted by atomic mass is 10.0. The van der Waals surface area contributed by atoms with Gasteiger partial charge < -0.3 is 25.2 Å². The Balaban J connectivity index is 0.000000148. The smallest absolute Gasteiger partial charge is 0.185 e. The number of aliphatic hydroxyl groups excluding tert-OH is 4. The van der Waals surface area contributed by atoms with Gasteiger partial charge in [0.25, 0.3) is 0 Å². The van der Waals surface area contributed by atoms with Crippen LogP contribution in [-0.2, 0) is 26.4 Å². The zero-order chi connectivity index (χ0) is 85.6. The second-order valence-corrected chi connectivity index (χ2v) is 28.4. The molecule has 10 aromatic carbocycles. The van der Waals surface area contributed by atoms with Crippen molar-refractivity contribution >= 4 is 59.3 Å². The Morgan fingerprint density at radius 1 is 0.281 bits per heavy atom. The van der Waals surface area contributed by atoms with E-state index in [-0.39, 0.29) is 55.3 Å². The van der Waals surface area contributed by atoms with E-state index in [1.807, 2.05) is 234 Å². The average molecular weight is 1610 g/mol. The molecule has 9 N–H and O–H groups in total. The largest absolute Gasteiger partial charge is 0.497 e. The lowest BCUT2D eigenvalue weighted by molar-refractivity contribution is 0.103. The number of rotatable bonds is 25. The number of allylic oxidation sites excluding steroid dienone is 5. The summed E-state index contributed by atoms with van der Waals surface area (Å²) in [6.07, 6.45) is 16.3. The van der Waals surface area contributed by atoms with E-state index in [0.717, 1.165) is 95.4 Å². The molecule has 0 spiro atoms. The molecule has 20 nitrogen and oxygen atoms in total. The SMILES string of the molecule is COc1cc(CO)cc(-c2cc(/C=C/C(=O)c3ccc(C)cc3)[nH]n2)c1.Cc1ccc(-c2cc(/C=C/C(=O)c3ccccc3)[nH]n2)cc1C.Cc1ccc(C(=O)/C=C/c2cc(-c3ccc(CO)c(CO)c3)n[nH]2)cc1.Cc1ccc(C(=O)/C=C/c2cc(-c3ccc(CO)cc3)n[nH]2)cc1.Cc1ccc(C(=O)/C=C/c2cc(-c3ccccc3)n[nH]2)cc1. The number of aromatic nitrogens is 10. The highest BCUT2D eigenvalue weighted by molar-refractivity contribution is 6.09. The van der Waals surface area contributed by atoms with Crippen LogP contribution in [0, 0.1) is 41.5 Å². The van der Waals surface area contributed by atoms with Gasteiger partial charge >= 0.3 is 0 Å². The average Bonchev–Trinajstić information content (AvgIpc) is 1.76. The number of hydrogen-bond donors (Lipinski definition) is 9. The Morgan fingerprint density at radius 3 is 0.942 bits per heavy atom. The van der Waals surface area contributed by atoms with Crippen LogP contribution in [-0.4, -0.2) is 107 Å². The molecule has 0 amide bonds. The predicted octanol–water partition coefficient (Wildman–Crippen LogP) is 19.7. The number of ketones is 5. The maximum atomic E-state index is 12.2. The number of benzene rings is 10. The first-order valence-corrected chi connectivity index (χ1v) is 38.9. The third kappa shape index (κ3) is 25.5. The summed E-state index contributed by atoms with van der Waals surface area (Å²) in [5.74, 6) is 0.435. The van der Waals surface area contributed by atoms with Gasteiger partial charge in [0, 0.05) is 55.6 Å². The van der Waals surface area contributed by atoms with Crippen molar-refractivity contribution in [2.24, 2.45) is 0 Å². The number of H-pyrrole nitrogens is 5. The summed E-state index contributed by atoms with van der Waals surface area (Å²) >= 11 is 0. The van der Waals surface area contributed by atoms with Gasteiger partial charge in [0.15, 0.2) is 28.9 Å². The van der Waals surface area contributed by atoms with Gasteiger partial charge in [-0.3, -0.25) is 49.5 Å². The number of hydrogen-bond acceptors (Lipinski definition) is 15. The Kier molecular flexibility index (Phi) is 31.0. The molecule has 0 saturated heterocycles. The minimum Gasteiger partial charge on any atom is -0.497 e. The summed E-state index contributed by atoms with van der Waals surface area (Å²) in [5, 5.41) is 73.1. The van der Waals surface area contributed by atoms with E-state index in [0.29, 0.717) is 67.5 Å². The van der Waals surface area contributed by atoms with Gasteiger partial charge in [-0.05, 0) is 196 Å². The van der Waals surface area contributed by atoms with Crippen LogP contribution in [0.5, 0.6) is 5.75 Å². The minimum absolute atomic E-state index is 0.0177. The van der Waals surface area contributed by atoms with Crippen LogP contribution in [0.15, 0.2) is 297 Å². The van der Waals surface area contributed by atoms with E-state index in [1.54, 1.807) is 92.1 Å². The summed E-state index contributed by atoms with van der Waals surface area (Å²) in [6, 6.07) is 83.2. The number of carbonyl (C=O) groups is 5. The van der Waals surface area contributed by atoms with Crippen LogP contribution in [0.1, 0.15) is 136 Å². The molecule has 0 fully saturated rings. The molecular formula is C101H92N10O10. The number of methoxy groups -OCH3 is 1. The van der Waals surface area contributed by atoms with Crippen molar-refractivity contribution in [3.8, 4) is 62.0 Å². The Hall–Kier alpha value is -15.1. The van der Waals surface area contributed by atoms with Gasteiger partial charge in [0.1, 0.15) is 5.75 Å². The van der Waals surface area contributed by atoms with E-state index in [2.05, 4.69) is 83.0 Å². The summed E-state index contributed by atoms with van der Waals surface area (Å²) < 4.78 is 5.25. The van der Waals surface area contributed by atoms with Gasteiger partial charge in [0.05, 0.1) is 90.5 Å². The van der Waals surface area contributed by atoms with Gasteiger partial charge in [-0.2, -0.15) is 25.5 Å². The van der Waals surface area contributed by atoms with Gasteiger partial charge in [-0.15, -0.1) is 0 Å². The third-order valence-electron chi connectivity index (χ3n) is 19.3. The summed E-state index contributed by atoms with van der Waals surface area (Å²) in [7, 11) is 1.58. The molecule has 0 unspecified atom stereocenters. The van der Waals surface area contributed by atoms with Gasteiger partial charge in [-0.25, -0.2) is 0 Å². The highest BCUT2D eigenvalue weighted by Gasteiger charge is 2.14. The zero-order valence-electron chi connectivity index (χ0n) is 68.0. The van der Waals surface area contributed by atoms with Crippen LogP contribution in [0.2, 0.25) is 0 Å². The lowest BCUT2D eigenvalue weighted by Crippen LogP contribution is -1.94. The number of aromatic amines is 5. The standard InChI is InChI=1S/2C21H20N2O3.C20H18N2O2.C20H18N2O.C19H16N2O/c1-14-3-5-16(6-4-14)21(25)8-7-18-12-20(23-22-18)17-9-15(13-24)10-19(11-17)26-2;1-14-2-4-15(5-3-14)21(26)9-8-19-11-20(23-22-19)16-6-7-17(12-24)18(10-16)13-25;1-14-2-6-17(7-3-14)20(24)11-10-18-12-19(22-21-18)16-8-4-15(13-23)5-9-16;1-14-8-9-17(12-15(14)2)19-13-18(21-22-19)10-11-20(23)16-6-4-3-5-7-16;1-14-7-9-16(10-8-14)19(22)12-11-17-13-18(21-20-17)15-5-3-2-4-6-15/h3-12,24H,13H2,1-2H3,(H,22,23);2-11,24-25H,12-13H2,1H3,(H,22,23);2-12,23H,13H2,1H3,(H,21,22);3-13H,1-2H3,(H,21,22);2-13H,1H3,(H,20,21)/b8-7+;9-8+;2*11-10+;12-11+. The van der Waals surface area contributed by atoms with Crippen molar-refractivity contribution in [3.05, 3.63) is 409 Å². The number of ether oxygens (including phenoxy) is 1. The van der Waals surface area contributed by atoms with Crippen LogP contribution in [0.4, 0.5) is 0 Å². The van der Waals surface area contributed by atoms with E-state index < -0.39 is 0 Å². The quantitative estimate of drug-likeness (QED) is 0.0190. The fourth-order valence-electron chi connectivity index (χ4n) is 12.0. The van der Waals surface area contributed by atoms with Crippen molar-refractivity contribution < 1.29 is 49.1 Å². The molecule has 20 heteroatoms. The number of aliphatic hydroxyl groups is 4. The molecule has 0 saturated carbocycles. The summed E-state index contributed by atoms with van der Waals surface area (Å²) in [4.78, 5) is 60.7. The van der Waals surface area contributed by atoms with Crippen LogP contribution in [0.25, 0.3) is 86.7 Å². The summed E-state index contributed by atoms with van der Waals surface area (Å²) in [6.45, 7) is 11.8.